The van der Waals surface area contributed by atoms with Gasteiger partial charge in [-0.05, 0) is 18.8 Å². The van der Waals surface area contributed by atoms with Gasteiger partial charge in [0.05, 0.1) is 17.7 Å². The van der Waals surface area contributed by atoms with Crippen molar-refractivity contribution in [3.8, 4) is 0 Å². The Bertz CT molecular complexity index is 516. The second kappa shape index (κ2) is 5.98. The van der Waals surface area contributed by atoms with Crippen LogP contribution in [0.5, 0.6) is 0 Å². The second-order valence-electron chi connectivity index (χ2n) is 5.37. The summed E-state index contributed by atoms with van der Waals surface area (Å²) in [6.45, 7) is 4.54. The maximum absolute atomic E-state index is 12.6. The topological polar surface area (TPSA) is 83.4 Å². The number of rotatable bonds is 4. The second-order valence-corrected chi connectivity index (χ2v) is 5.37. The van der Waals surface area contributed by atoms with E-state index in [0.29, 0.717) is 17.8 Å². The van der Waals surface area contributed by atoms with E-state index < -0.39 is 5.97 Å². The van der Waals surface area contributed by atoms with Crippen LogP contribution in [0.4, 0.5) is 0 Å². The molecule has 6 heteroatoms. The summed E-state index contributed by atoms with van der Waals surface area (Å²) in [6.07, 6.45) is 4.54. The average Bonchev–Trinajstić information content (AvgIpc) is 2.85. The Balaban J connectivity index is 2.25. The van der Waals surface area contributed by atoms with Crippen LogP contribution >= 0.6 is 0 Å². The largest absolute Gasteiger partial charge is 0.481 e. The minimum atomic E-state index is -0.872. The fourth-order valence-corrected chi connectivity index (χ4v) is 2.64. The van der Waals surface area contributed by atoms with Crippen molar-refractivity contribution in [3.05, 3.63) is 23.8 Å². The van der Waals surface area contributed by atoms with E-state index >= 15 is 0 Å². The van der Waals surface area contributed by atoms with Crippen molar-refractivity contribution in [2.24, 2.45) is 0 Å². The molecule has 0 bridgehead atoms. The van der Waals surface area contributed by atoms with Crippen LogP contribution in [0.1, 0.15) is 55.1 Å². The van der Waals surface area contributed by atoms with Gasteiger partial charge >= 0.3 is 5.97 Å². The maximum atomic E-state index is 12.6. The number of aromatic nitrogens is 2. The van der Waals surface area contributed by atoms with Crippen molar-refractivity contribution >= 4 is 11.9 Å². The molecular formula is C14H19N3O3. The molecule has 1 saturated heterocycles. The molecule has 2 heterocycles. The molecule has 1 amide bonds. The molecule has 2 rings (SSSR count). The van der Waals surface area contributed by atoms with Crippen LogP contribution < -0.4 is 0 Å². The molecule has 0 radical (unpaired) electrons. The first-order valence-corrected chi connectivity index (χ1v) is 6.83. The highest BCUT2D eigenvalue weighted by Crippen LogP contribution is 2.25. The maximum Gasteiger partial charge on any atom is 0.305 e. The van der Waals surface area contributed by atoms with E-state index in [-0.39, 0.29) is 24.3 Å². The summed E-state index contributed by atoms with van der Waals surface area (Å²) in [5, 5.41) is 8.92. The van der Waals surface area contributed by atoms with Gasteiger partial charge in [-0.2, -0.15) is 0 Å². The van der Waals surface area contributed by atoms with Gasteiger partial charge in [0.2, 0.25) is 0 Å². The van der Waals surface area contributed by atoms with Gasteiger partial charge in [0.15, 0.2) is 0 Å². The molecule has 1 aromatic rings. The van der Waals surface area contributed by atoms with Crippen LogP contribution in [-0.2, 0) is 4.79 Å². The number of aliphatic carboxylic acids is 1. The zero-order chi connectivity index (χ0) is 14.7. The Morgan fingerprint density at radius 1 is 1.50 bits per heavy atom. The van der Waals surface area contributed by atoms with Crippen LogP contribution in [0, 0.1) is 0 Å². The van der Waals surface area contributed by atoms with Crippen molar-refractivity contribution in [1.82, 2.24) is 14.9 Å². The molecule has 0 spiro atoms. The number of hydrogen-bond donors (Lipinski definition) is 1. The highest BCUT2D eigenvalue weighted by atomic mass is 16.4. The minimum absolute atomic E-state index is 0.00353. The van der Waals surface area contributed by atoms with E-state index in [1.165, 1.54) is 12.5 Å². The number of nitrogens with zero attached hydrogens (tertiary/aromatic N) is 3. The summed E-state index contributed by atoms with van der Waals surface area (Å²) < 4.78 is 0. The van der Waals surface area contributed by atoms with Crippen LogP contribution in [0.25, 0.3) is 0 Å². The Morgan fingerprint density at radius 2 is 2.25 bits per heavy atom. The first kappa shape index (κ1) is 14.4. The Labute approximate surface area is 117 Å². The smallest absolute Gasteiger partial charge is 0.305 e. The van der Waals surface area contributed by atoms with E-state index in [9.17, 15) is 9.59 Å². The average molecular weight is 277 g/mol. The Hall–Kier alpha value is -1.98. The quantitative estimate of drug-likeness (QED) is 0.905. The molecule has 1 aliphatic rings. The lowest BCUT2D eigenvalue weighted by Crippen LogP contribution is -2.37. The summed E-state index contributed by atoms with van der Waals surface area (Å²) in [7, 11) is 0. The van der Waals surface area contributed by atoms with Crippen molar-refractivity contribution in [2.45, 2.75) is 45.1 Å². The van der Waals surface area contributed by atoms with Crippen LogP contribution in [-0.4, -0.2) is 44.4 Å². The number of carboxylic acids is 1. The molecule has 1 atom stereocenters. The molecule has 108 valence electrons. The van der Waals surface area contributed by atoms with Gasteiger partial charge in [-0.3, -0.25) is 9.59 Å². The van der Waals surface area contributed by atoms with Crippen LogP contribution in [0.15, 0.2) is 12.5 Å². The molecular weight excluding hydrogens is 258 g/mol. The van der Waals surface area contributed by atoms with Gasteiger partial charge in [0.1, 0.15) is 6.33 Å². The lowest BCUT2D eigenvalue weighted by atomic mass is 10.0. The zero-order valence-electron chi connectivity index (χ0n) is 11.7. The van der Waals surface area contributed by atoms with E-state index in [1.807, 2.05) is 13.8 Å². The van der Waals surface area contributed by atoms with Crippen LogP contribution in [0.3, 0.4) is 0 Å². The molecule has 1 aliphatic heterocycles. The highest BCUT2D eigenvalue weighted by Gasteiger charge is 2.32. The van der Waals surface area contributed by atoms with Gasteiger partial charge in [-0.1, -0.05) is 13.8 Å². The summed E-state index contributed by atoms with van der Waals surface area (Å²) in [5.41, 5.74) is 1.20. The Kier molecular flexibility index (Phi) is 4.32. The number of carbonyl (C=O) groups is 2. The third kappa shape index (κ3) is 2.95. The SMILES string of the molecule is CC(C)c1ncncc1C(=O)N1CCC[C@H]1CC(=O)O. The van der Waals surface area contributed by atoms with Crippen molar-refractivity contribution in [3.63, 3.8) is 0 Å². The molecule has 20 heavy (non-hydrogen) atoms. The van der Waals surface area contributed by atoms with E-state index in [2.05, 4.69) is 9.97 Å². The zero-order valence-corrected chi connectivity index (χ0v) is 11.7. The first-order valence-electron chi connectivity index (χ1n) is 6.83. The van der Waals surface area contributed by atoms with Gasteiger partial charge in [-0.15, -0.1) is 0 Å². The number of carboxylic acid groups (broad SMARTS) is 1. The monoisotopic (exact) mass is 277 g/mol. The molecule has 6 nitrogen and oxygen atoms in total. The number of carbonyl (C=O) groups excluding carboxylic acids is 1. The van der Waals surface area contributed by atoms with E-state index in [1.54, 1.807) is 4.90 Å². The summed E-state index contributed by atoms with van der Waals surface area (Å²) >= 11 is 0. The molecule has 1 aromatic heterocycles. The molecule has 0 saturated carbocycles. The fraction of sp³-hybridized carbons (Fsp3) is 0.571. The predicted molar refractivity (Wildman–Crippen MR) is 72.4 cm³/mol. The molecule has 1 fully saturated rings. The van der Waals surface area contributed by atoms with Crippen LogP contribution in [0.2, 0.25) is 0 Å². The third-order valence-electron chi connectivity index (χ3n) is 3.57. The van der Waals surface area contributed by atoms with Crippen molar-refractivity contribution in [2.75, 3.05) is 6.54 Å². The molecule has 0 unspecified atom stereocenters. The van der Waals surface area contributed by atoms with Gasteiger partial charge in [-0.25, -0.2) is 9.97 Å². The predicted octanol–water partition coefficient (Wildman–Crippen LogP) is 1.68. The fourth-order valence-electron chi connectivity index (χ4n) is 2.64. The van der Waals surface area contributed by atoms with Gasteiger partial charge < -0.3 is 10.0 Å². The normalized spacial score (nSPS) is 18.6. The third-order valence-corrected chi connectivity index (χ3v) is 3.57. The lowest BCUT2D eigenvalue weighted by Gasteiger charge is -2.24. The van der Waals surface area contributed by atoms with E-state index in [4.69, 9.17) is 5.11 Å². The van der Waals surface area contributed by atoms with Crippen molar-refractivity contribution in [1.29, 1.82) is 0 Å². The molecule has 0 aromatic carbocycles. The van der Waals surface area contributed by atoms with E-state index in [0.717, 1.165) is 12.8 Å². The number of hydrogen-bond acceptors (Lipinski definition) is 4. The Morgan fingerprint density at radius 3 is 2.90 bits per heavy atom. The summed E-state index contributed by atoms with van der Waals surface area (Å²) in [5.74, 6) is -0.904. The van der Waals surface area contributed by atoms with Gasteiger partial charge in [0, 0.05) is 18.8 Å². The first-order chi connectivity index (χ1) is 9.50. The summed E-state index contributed by atoms with van der Waals surface area (Å²) in [4.78, 5) is 33.3. The van der Waals surface area contributed by atoms with Gasteiger partial charge in [0.25, 0.3) is 5.91 Å². The lowest BCUT2D eigenvalue weighted by molar-refractivity contribution is -0.137. The number of likely N-dealkylation sites (tertiary alicyclic amines) is 1. The minimum Gasteiger partial charge on any atom is -0.481 e. The molecule has 0 aliphatic carbocycles. The molecule has 1 N–H and O–H groups in total. The standard InChI is InChI=1S/C14H19N3O3/c1-9(2)13-11(7-15-8-16-13)14(20)17-5-3-4-10(17)6-12(18)19/h7-10H,3-6H2,1-2H3,(H,18,19)/t10-/m0/s1. The van der Waals surface area contributed by atoms with Crippen molar-refractivity contribution < 1.29 is 14.7 Å². The summed E-state index contributed by atoms with van der Waals surface area (Å²) in [6, 6.07) is -0.222. The highest BCUT2D eigenvalue weighted by molar-refractivity contribution is 5.95. The number of amides is 1.